The van der Waals surface area contributed by atoms with Gasteiger partial charge in [0.1, 0.15) is 5.82 Å². The molecular weight excluding hydrogens is 420 g/mol. The Morgan fingerprint density at radius 3 is 2.62 bits per heavy atom. The van der Waals surface area contributed by atoms with Crippen LogP contribution in [0.5, 0.6) is 0 Å². The summed E-state index contributed by atoms with van der Waals surface area (Å²) in [6, 6.07) is 3.51. The summed E-state index contributed by atoms with van der Waals surface area (Å²) < 4.78 is 29.7. The van der Waals surface area contributed by atoms with Gasteiger partial charge in [-0.3, -0.25) is 4.79 Å². The van der Waals surface area contributed by atoms with Crippen LogP contribution in [0.15, 0.2) is 22.8 Å². The van der Waals surface area contributed by atoms with E-state index in [2.05, 4.69) is 26.2 Å². The summed E-state index contributed by atoms with van der Waals surface area (Å²) in [6.45, 7) is 5.63. The number of anilines is 1. The van der Waals surface area contributed by atoms with E-state index in [-0.39, 0.29) is 18.4 Å². The van der Waals surface area contributed by atoms with Crippen molar-refractivity contribution in [3.63, 3.8) is 0 Å². The number of amides is 1. The molecule has 1 fully saturated rings. The highest BCUT2D eigenvalue weighted by Crippen LogP contribution is 2.23. The first kappa shape index (κ1) is 21.3. The average Bonchev–Trinajstić information content (AvgIpc) is 2.63. The summed E-state index contributed by atoms with van der Waals surface area (Å²) in [6.07, 6.45) is 4.51. The summed E-state index contributed by atoms with van der Waals surface area (Å²) in [7, 11) is -3.53. The summed E-state index contributed by atoms with van der Waals surface area (Å²) in [5, 5.41) is 2.78. The maximum Gasteiger partial charge on any atom is 0.281 e. The zero-order valence-electron chi connectivity index (χ0n) is 15.3. The maximum absolute atomic E-state index is 12.9. The lowest BCUT2D eigenvalue weighted by Gasteiger charge is -2.35. The number of hydrogen-bond donors (Lipinski definition) is 1. The first-order chi connectivity index (χ1) is 12.4. The van der Waals surface area contributed by atoms with Gasteiger partial charge < -0.3 is 5.32 Å². The molecule has 0 radical (unpaired) electrons. The van der Waals surface area contributed by atoms with Crippen molar-refractivity contribution in [3.8, 4) is 0 Å². The molecule has 0 bridgehead atoms. The fourth-order valence-electron chi connectivity index (χ4n) is 3.05. The number of hydrogen-bond acceptors (Lipinski definition) is 4. The molecule has 146 valence electrons. The van der Waals surface area contributed by atoms with Crippen LogP contribution in [0.3, 0.4) is 0 Å². The molecule has 2 heterocycles. The number of rotatable bonds is 8. The Labute approximate surface area is 164 Å². The van der Waals surface area contributed by atoms with Crippen LogP contribution in [0, 0.1) is 5.92 Å². The highest BCUT2D eigenvalue weighted by molar-refractivity contribution is 9.10. The fraction of sp³-hybridized carbons (Fsp3) is 0.647. The molecule has 0 spiro atoms. The molecule has 1 amide bonds. The lowest BCUT2D eigenvalue weighted by Crippen LogP contribution is -2.50. The van der Waals surface area contributed by atoms with Crippen molar-refractivity contribution in [1.29, 1.82) is 0 Å². The molecule has 0 aromatic carbocycles. The molecular formula is C17H27BrN4O3S. The third-order valence-corrected chi connectivity index (χ3v) is 6.80. The second-order valence-corrected chi connectivity index (χ2v) is 9.30. The monoisotopic (exact) mass is 446 g/mol. The predicted molar refractivity (Wildman–Crippen MR) is 106 cm³/mol. The predicted octanol–water partition coefficient (Wildman–Crippen LogP) is 2.86. The summed E-state index contributed by atoms with van der Waals surface area (Å²) in [5.74, 6) is -0.0805. The first-order valence-electron chi connectivity index (χ1n) is 9.06. The van der Waals surface area contributed by atoms with E-state index in [0.29, 0.717) is 38.3 Å². The van der Waals surface area contributed by atoms with E-state index in [1.54, 1.807) is 18.3 Å². The molecule has 0 saturated carbocycles. The second kappa shape index (κ2) is 9.77. The molecule has 1 unspecified atom stereocenters. The summed E-state index contributed by atoms with van der Waals surface area (Å²) in [5.41, 5.74) is 0. The van der Waals surface area contributed by atoms with Crippen molar-refractivity contribution in [2.45, 2.75) is 39.5 Å². The van der Waals surface area contributed by atoms with Gasteiger partial charge in [-0.05, 0) is 53.7 Å². The number of carbonyl (C=O) groups is 1. The van der Waals surface area contributed by atoms with Crippen LogP contribution < -0.4 is 5.32 Å². The molecule has 9 heteroatoms. The van der Waals surface area contributed by atoms with Gasteiger partial charge in [0, 0.05) is 36.8 Å². The number of piperidine rings is 1. The van der Waals surface area contributed by atoms with Crippen molar-refractivity contribution >= 4 is 37.9 Å². The van der Waals surface area contributed by atoms with E-state index in [4.69, 9.17) is 0 Å². The van der Waals surface area contributed by atoms with Crippen molar-refractivity contribution in [2.75, 3.05) is 31.5 Å². The van der Waals surface area contributed by atoms with Crippen molar-refractivity contribution in [3.05, 3.63) is 22.8 Å². The lowest BCUT2D eigenvalue weighted by atomic mass is 9.99. The standard InChI is InChI=1S/C17H27BrN4O3S/c1-3-9-21(10-4-2)26(24,25)22-11-5-6-14(13-22)17(23)20-16-8-7-15(18)12-19-16/h7-8,12,14H,3-6,9-11,13H2,1-2H3,(H,19,20,23). The maximum atomic E-state index is 12.9. The van der Waals surface area contributed by atoms with Crippen LogP contribution >= 0.6 is 15.9 Å². The Balaban J connectivity index is 2.05. The normalized spacial score (nSPS) is 18.8. The van der Waals surface area contributed by atoms with Gasteiger partial charge in [0.05, 0.1) is 5.92 Å². The largest absolute Gasteiger partial charge is 0.310 e. The average molecular weight is 447 g/mol. The number of nitrogens with zero attached hydrogens (tertiary/aromatic N) is 3. The molecule has 1 aliphatic heterocycles. The van der Waals surface area contributed by atoms with Gasteiger partial charge in [0.2, 0.25) is 5.91 Å². The van der Waals surface area contributed by atoms with Gasteiger partial charge >= 0.3 is 0 Å². The van der Waals surface area contributed by atoms with Gasteiger partial charge in [0.25, 0.3) is 10.2 Å². The summed E-state index contributed by atoms with van der Waals surface area (Å²) in [4.78, 5) is 16.7. The fourth-order valence-corrected chi connectivity index (χ4v) is 5.16. The topological polar surface area (TPSA) is 82.6 Å². The smallest absolute Gasteiger partial charge is 0.281 e. The van der Waals surface area contributed by atoms with E-state index in [1.165, 1.54) is 8.61 Å². The Bertz CT molecular complexity index is 690. The molecule has 1 aliphatic rings. The zero-order valence-corrected chi connectivity index (χ0v) is 17.7. The van der Waals surface area contributed by atoms with Crippen molar-refractivity contribution in [1.82, 2.24) is 13.6 Å². The first-order valence-corrected chi connectivity index (χ1v) is 11.2. The number of pyridine rings is 1. The molecule has 26 heavy (non-hydrogen) atoms. The van der Waals surface area contributed by atoms with Gasteiger partial charge in [-0.2, -0.15) is 17.0 Å². The van der Waals surface area contributed by atoms with Crippen molar-refractivity contribution in [2.24, 2.45) is 5.92 Å². The van der Waals surface area contributed by atoms with E-state index >= 15 is 0 Å². The van der Waals surface area contributed by atoms with Crippen molar-refractivity contribution < 1.29 is 13.2 Å². The molecule has 0 aliphatic carbocycles. The highest BCUT2D eigenvalue weighted by atomic mass is 79.9. The van der Waals surface area contributed by atoms with Crippen LogP contribution in [0.2, 0.25) is 0 Å². The number of carbonyl (C=O) groups excluding carboxylic acids is 1. The SMILES string of the molecule is CCCN(CCC)S(=O)(=O)N1CCCC(C(=O)Nc2ccc(Br)cn2)C1. The third kappa shape index (κ3) is 5.48. The molecule has 1 aromatic rings. The molecule has 2 rings (SSSR count). The number of halogens is 1. The van der Waals surface area contributed by atoms with Crippen LogP contribution in [-0.2, 0) is 15.0 Å². The molecule has 1 saturated heterocycles. The van der Waals surface area contributed by atoms with Gasteiger partial charge in [-0.1, -0.05) is 13.8 Å². The molecule has 1 N–H and O–H groups in total. The van der Waals surface area contributed by atoms with Crippen LogP contribution in [-0.4, -0.2) is 54.1 Å². The zero-order chi connectivity index (χ0) is 19.2. The van der Waals surface area contributed by atoms with E-state index in [9.17, 15) is 13.2 Å². The van der Waals surface area contributed by atoms with Crippen LogP contribution in [0.4, 0.5) is 5.82 Å². The molecule has 1 aromatic heterocycles. The Morgan fingerprint density at radius 2 is 2.04 bits per heavy atom. The second-order valence-electron chi connectivity index (χ2n) is 6.45. The summed E-state index contributed by atoms with van der Waals surface area (Å²) >= 11 is 3.30. The minimum atomic E-state index is -3.53. The molecule has 7 nitrogen and oxygen atoms in total. The van der Waals surface area contributed by atoms with Gasteiger partial charge in [-0.15, -0.1) is 0 Å². The minimum Gasteiger partial charge on any atom is -0.310 e. The quantitative estimate of drug-likeness (QED) is 0.665. The highest BCUT2D eigenvalue weighted by Gasteiger charge is 2.35. The Hall–Kier alpha value is -1.03. The van der Waals surface area contributed by atoms with E-state index in [0.717, 1.165) is 17.3 Å². The molecule has 1 atom stereocenters. The Morgan fingerprint density at radius 1 is 1.35 bits per heavy atom. The number of aromatic nitrogens is 1. The van der Waals surface area contributed by atoms with Gasteiger partial charge in [-0.25, -0.2) is 4.98 Å². The van der Waals surface area contributed by atoms with Crippen LogP contribution in [0.25, 0.3) is 0 Å². The van der Waals surface area contributed by atoms with E-state index < -0.39 is 10.2 Å². The van der Waals surface area contributed by atoms with Crippen LogP contribution in [0.1, 0.15) is 39.5 Å². The van der Waals surface area contributed by atoms with E-state index in [1.807, 2.05) is 13.8 Å². The lowest BCUT2D eigenvalue weighted by molar-refractivity contribution is -0.120. The third-order valence-electron chi connectivity index (χ3n) is 4.33. The van der Waals surface area contributed by atoms with Gasteiger partial charge in [0.15, 0.2) is 0 Å². The number of nitrogens with one attached hydrogen (secondary N) is 1. The minimum absolute atomic E-state index is 0.183. The Kier molecular flexibility index (Phi) is 8.00.